The maximum Gasteiger partial charge on any atom is 0.254 e. The van der Waals surface area contributed by atoms with Crippen LogP contribution in [0.15, 0.2) is 18.2 Å². The lowest BCUT2D eigenvalue weighted by Gasteiger charge is -2.45. The van der Waals surface area contributed by atoms with Crippen molar-refractivity contribution in [3.05, 3.63) is 29.0 Å². The molecule has 2 heterocycles. The Hall–Kier alpha value is -1.79. The molecule has 2 aliphatic rings. The molecule has 1 saturated heterocycles. The molecule has 0 unspecified atom stereocenters. The van der Waals surface area contributed by atoms with Crippen molar-refractivity contribution in [3.8, 4) is 11.5 Å². The number of fused-ring (bicyclic) bond motifs is 1. The van der Waals surface area contributed by atoms with Crippen LogP contribution in [0.4, 0.5) is 0 Å². The van der Waals surface area contributed by atoms with Crippen LogP contribution in [-0.4, -0.2) is 55.5 Å². The maximum absolute atomic E-state index is 12.3. The van der Waals surface area contributed by atoms with Crippen molar-refractivity contribution in [3.63, 3.8) is 0 Å². The van der Waals surface area contributed by atoms with E-state index in [0.717, 1.165) is 0 Å². The highest BCUT2D eigenvalue weighted by molar-refractivity contribution is 5.95. The van der Waals surface area contributed by atoms with Crippen molar-refractivity contribution in [1.29, 1.82) is 0 Å². The average molecular weight is 264 g/mol. The summed E-state index contributed by atoms with van der Waals surface area (Å²) in [6.45, 7) is 2.07. The van der Waals surface area contributed by atoms with E-state index < -0.39 is 0 Å². The molecule has 1 aromatic rings. The maximum atomic E-state index is 12.3. The normalized spacial score (nSPS) is 20.4. The van der Waals surface area contributed by atoms with Crippen LogP contribution in [0.2, 0.25) is 0 Å². The van der Waals surface area contributed by atoms with Crippen LogP contribution >= 0.6 is 0 Å². The third-order valence-electron chi connectivity index (χ3n) is 3.59. The molecular weight excluding hydrogens is 248 g/mol. The number of hydrogen-bond acceptors (Lipinski definition) is 4. The number of amides is 1. The number of carbonyl (C=O) groups is 1. The Morgan fingerprint density at radius 1 is 1.26 bits per heavy atom. The van der Waals surface area contributed by atoms with E-state index in [9.17, 15) is 10.0 Å². The van der Waals surface area contributed by atoms with E-state index in [0.29, 0.717) is 43.2 Å². The molecule has 0 saturated carbocycles. The Balaban J connectivity index is 1.74. The van der Waals surface area contributed by atoms with Crippen LogP contribution in [0.1, 0.15) is 10.4 Å². The zero-order valence-electron chi connectivity index (χ0n) is 10.8. The zero-order chi connectivity index (χ0) is 13.5. The lowest BCUT2D eigenvalue weighted by Crippen LogP contribution is -2.55. The summed E-state index contributed by atoms with van der Waals surface area (Å²) in [4.78, 5) is 14.0. The van der Waals surface area contributed by atoms with Gasteiger partial charge in [-0.25, -0.2) is 0 Å². The van der Waals surface area contributed by atoms with Gasteiger partial charge in [0.2, 0.25) is 6.79 Å². The van der Waals surface area contributed by atoms with Crippen molar-refractivity contribution < 1.29 is 18.9 Å². The second-order valence-corrected chi connectivity index (χ2v) is 5.10. The number of hydrogen-bond donors (Lipinski definition) is 0. The molecule has 1 amide bonds. The molecule has 6 nitrogen and oxygen atoms in total. The number of likely N-dealkylation sites (N-methyl/N-ethyl adjacent to an activating group) is 1. The number of ether oxygens (including phenoxy) is 2. The van der Waals surface area contributed by atoms with Gasteiger partial charge in [-0.2, -0.15) is 0 Å². The molecule has 0 N–H and O–H groups in total. The molecule has 1 fully saturated rings. The number of hydroxylamine groups is 3. The van der Waals surface area contributed by atoms with Gasteiger partial charge in [0.1, 0.15) is 0 Å². The van der Waals surface area contributed by atoms with Gasteiger partial charge < -0.3 is 24.2 Å². The highest BCUT2D eigenvalue weighted by Gasteiger charge is 2.26. The number of piperazine rings is 1. The summed E-state index contributed by atoms with van der Waals surface area (Å²) in [5, 5.41) is 11.7. The van der Waals surface area contributed by atoms with E-state index in [1.807, 2.05) is 0 Å². The molecule has 0 aliphatic carbocycles. The van der Waals surface area contributed by atoms with E-state index in [2.05, 4.69) is 0 Å². The number of carbonyl (C=O) groups excluding carboxylic acids is 1. The molecule has 3 rings (SSSR count). The lowest BCUT2D eigenvalue weighted by atomic mass is 10.1. The van der Waals surface area contributed by atoms with E-state index in [1.165, 1.54) is 0 Å². The van der Waals surface area contributed by atoms with Gasteiger partial charge in [-0.15, -0.1) is 0 Å². The Bertz CT molecular complexity index is 505. The second-order valence-electron chi connectivity index (χ2n) is 5.10. The third kappa shape index (κ3) is 2.36. The van der Waals surface area contributed by atoms with Gasteiger partial charge in [-0.3, -0.25) is 4.79 Å². The molecule has 19 heavy (non-hydrogen) atoms. The summed E-state index contributed by atoms with van der Waals surface area (Å²) in [6, 6.07) is 5.17. The quantitative estimate of drug-likeness (QED) is 0.556. The molecule has 0 spiro atoms. The van der Waals surface area contributed by atoms with Crippen molar-refractivity contribution in [1.82, 2.24) is 4.90 Å². The second kappa shape index (κ2) is 4.40. The fourth-order valence-electron chi connectivity index (χ4n) is 2.30. The number of rotatable bonds is 1. The van der Waals surface area contributed by atoms with Gasteiger partial charge in [-0.1, -0.05) is 0 Å². The summed E-state index contributed by atoms with van der Waals surface area (Å²) in [5.41, 5.74) is 0.575. The SMILES string of the molecule is C[N+]1([O-])CCN(C(=O)c2ccc3c(c2)OCO3)CC1. The van der Waals surface area contributed by atoms with Crippen LogP contribution in [0.3, 0.4) is 0 Å². The van der Waals surface area contributed by atoms with Crippen LogP contribution in [-0.2, 0) is 0 Å². The molecule has 0 atom stereocenters. The van der Waals surface area contributed by atoms with Gasteiger partial charge in [-0.05, 0) is 18.2 Å². The first-order valence-corrected chi connectivity index (χ1v) is 6.30. The minimum atomic E-state index is -0.273. The number of benzene rings is 1. The minimum absolute atomic E-state index is 0.0574. The first-order chi connectivity index (χ1) is 9.05. The fourth-order valence-corrected chi connectivity index (χ4v) is 2.30. The van der Waals surface area contributed by atoms with Crippen LogP contribution in [0.5, 0.6) is 11.5 Å². The summed E-state index contributed by atoms with van der Waals surface area (Å²) in [5.74, 6) is 1.21. The smallest absolute Gasteiger partial charge is 0.254 e. The summed E-state index contributed by atoms with van der Waals surface area (Å²) < 4.78 is 10.2. The molecule has 0 aromatic heterocycles. The first kappa shape index (κ1) is 12.3. The number of nitrogens with zero attached hydrogens (tertiary/aromatic N) is 2. The largest absolute Gasteiger partial charge is 0.633 e. The Labute approximate surface area is 111 Å². The van der Waals surface area contributed by atoms with Crippen LogP contribution in [0.25, 0.3) is 0 Å². The lowest BCUT2D eigenvalue weighted by molar-refractivity contribution is -0.864. The van der Waals surface area contributed by atoms with Crippen LogP contribution < -0.4 is 9.47 Å². The molecule has 102 valence electrons. The van der Waals surface area contributed by atoms with E-state index in [-0.39, 0.29) is 17.3 Å². The van der Waals surface area contributed by atoms with Gasteiger partial charge in [0.25, 0.3) is 5.91 Å². The molecule has 2 aliphatic heterocycles. The average Bonchev–Trinajstić information content (AvgIpc) is 2.85. The first-order valence-electron chi connectivity index (χ1n) is 6.30. The van der Waals surface area contributed by atoms with Gasteiger partial charge >= 0.3 is 0 Å². The van der Waals surface area contributed by atoms with Gasteiger partial charge in [0.15, 0.2) is 11.5 Å². The molecule has 1 aromatic carbocycles. The van der Waals surface area contributed by atoms with E-state index >= 15 is 0 Å². The Morgan fingerprint density at radius 2 is 1.95 bits per heavy atom. The summed E-state index contributed by atoms with van der Waals surface area (Å²) in [7, 11) is 1.64. The summed E-state index contributed by atoms with van der Waals surface area (Å²) in [6.07, 6.45) is 0. The van der Waals surface area contributed by atoms with Crippen molar-refractivity contribution >= 4 is 5.91 Å². The Kier molecular flexibility index (Phi) is 2.83. The van der Waals surface area contributed by atoms with Crippen molar-refractivity contribution in [2.75, 3.05) is 40.0 Å². The van der Waals surface area contributed by atoms with Gasteiger partial charge in [0, 0.05) is 5.56 Å². The minimum Gasteiger partial charge on any atom is -0.633 e. The van der Waals surface area contributed by atoms with Crippen molar-refractivity contribution in [2.45, 2.75) is 0 Å². The van der Waals surface area contributed by atoms with Crippen LogP contribution in [0, 0.1) is 5.21 Å². The Morgan fingerprint density at radius 3 is 2.68 bits per heavy atom. The van der Waals surface area contributed by atoms with E-state index in [1.54, 1.807) is 30.1 Å². The van der Waals surface area contributed by atoms with Gasteiger partial charge in [0.05, 0.1) is 33.2 Å². The monoisotopic (exact) mass is 264 g/mol. The topological polar surface area (TPSA) is 61.8 Å². The zero-order valence-corrected chi connectivity index (χ0v) is 10.8. The molecular formula is C13H16N2O4. The fraction of sp³-hybridized carbons (Fsp3) is 0.462. The van der Waals surface area contributed by atoms with Crippen molar-refractivity contribution in [2.24, 2.45) is 0 Å². The molecule has 0 radical (unpaired) electrons. The number of quaternary nitrogens is 1. The predicted molar refractivity (Wildman–Crippen MR) is 67.8 cm³/mol. The predicted octanol–water partition coefficient (Wildman–Crippen LogP) is 0.815. The highest BCUT2D eigenvalue weighted by Crippen LogP contribution is 2.32. The third-order valence-corrected chi connectivity index (χ3v) is 3.59. The highest BCUT2D eigenvalue weighted by atomic mass is 16.7. The standard InChI is InChI=1S/C13H16N2O4/c1-15(17)6-4-14(5-7-15)13(16)10-2-3-11-12(8-10)19-9-18-11/h2-3,8H,4-7,9H2,1H3. The summed E-state index contributed by atoms with van der Waals surface area (Å²) >= 11 is 0. The molecule has 0 bridgehead atoms. The van der Waals surface area contributed by atoms with E-state index in [4.69, 9.17) is 9.47 Å². The molecule has 6 heteroatoms.